The number of fused-ring (bicyclic) bond motifs is 1. The molecule has 23 heavy (non-hydrogen) atoms. The van der Waals surface area contributed by atoms with Crippen LogP contribution >= 0.6 is 0 Å². The van der Waals surface area contributed by atoms with Crippen LogP contribution in [0.2, 0.25) is 0 Å². The van der Waals surface area contributed by atoms with E-state index in [0.29, 0.717) is 17.1 Å². The van der Waals surface area contributed by atoms with Crippen LogP contribution in [0.25, 0.3) is 0 Å². The summed E-state index contributed by atoms with van der Waals surface area (Å²) in [6.07, 6.45) is 3.16. The number of rotatable bonds is 3. The van der Waals surface area contributed by atoms with Crippen LogP contribution < -0.4 is 16.0 Å². The fourth-order valence-corrected chi connectivity index (χ4v) is 2.91. The largest absolute Gasteiger partial charge is 0.468 e. The van der Waals surface area contributed by atoms with Gasteiger partial charge in [0.25, 0.3) is 5.56 Å². The summed E-state index contributed by atoms with van der Waals surface area (Å²) in [7, 11) is 1.72. The molecule has 0 spiro atoms. The average molecular weight is 311 g/mol. The van der Waals surface area contributed by atoms with Crippen molar-refractivity contribution in [3.05, 3.63) is 63.3 Å². The molecule has 0 radical (unpaired) electrons. The molecular formula is C17H17N3O3. The van der Waals surface area contributed by atoms with Crippen LogP contribution in [0, 0.1) is 11.3 Å². The van der Waals surface area contributed by atoms with Gasteiger partial charge in [0.1, 0.15) is 23.2 Å². The number of hydrogen-bond donors (Lipinski definition) is 1. The smallest absolute Gasteiger partial charge is 0.258 e. The lowest BCUT2D eigenvalue weighted by molar-refractivity contribution is 0.379. The molecule has 0 aliphatic carbocycles. The molecule has 3 heterocycles. The molecule has 0 bridgehead atoms. The van der Waals surface area contributed by atoms with Gasteiger partial charge in [-0.3, -0.25) is 4.79 Å². The van der Waals surface area contributed by atoms with Gasteiger partial charge in [-0.05, 0) is 18.6 Å². The van der Waals surface area contributed by atoms with Crippen molar-refractivity contribution in [1.29, 1.82) is 5.26 Å². The van der Waals surface area contributed by atoms with Crippen molar-refractivity contribution >= 4 is 0 Å². The average Bonchev–Trinajstić information content (AvgIpc) is 3.05. The molecule has 1 aliphatic rings. The quantitative estimate of drug-likeness (QED) is 0.937. The van der Waals surface area contributed by atoms with Crippen molar-refractivity contribution < 1.29 is 9.15 Å². The lowest BCUT2D eigenvalue weighted by atomic mass is 9.87. The van der Waals surface area contributed by atoms with Gasteiger partial charge < -0.3 is 19.5 Å². The second-order valence-electron chi connectivity index (χ2n) is 5.47. The molecule has 2 N–H and O–H groups in total. The van der Waals surface area contributed by atoms with Crippen molar-refractivity contribution in [3.8, 4) is 11.8 Å². The topological polar surface area (TPSA) is 94.2 Å². The Balaban J connectivity index is 2.29. The summed E-state index contributed by atoms with van der Waals surface area (Å²) in [5, 5.41) is 9.44. The van der Waals surface area contributed by atoms with Gasteiger partial charge in [-0.25, -0.2) is 0 Å². The summed E-state index contributed by atoms with van der Waals surface area (Å²) in [4.78, 5) is 12.9. The summed E-state index contributed by atoms with van der Waals surface area (Å²) in [5.41, 5.74) is 7.13. The van der Waals surface area contributed by atoms with E-state index in [9.17, 15) is 10.1 Å². The zero-order chi connectivity index (χ0) is 16.6. The number of aromatic nitrogens is 1. The maximum absolute atomic E-state index is 12.9. The van der Waals surface area contributed by atoms with Gasteiger partial charge in [0.2, 0.25) is 5.88 Å². The Morgan fingerprint density at radius 2 is 2.26 bits per heavy atom. The number of allylic oxidation sites excluding steroid dienone is 1. The first-order valence-electron chi connectivity index (χ1n) is 7.42. The summed E-state index contributed by atoms with van der Waals surface area (Å²) in [6.45, 7) is 2.04. The maximum Gasteiger partial charge on any atom is 0.258 e. The van der Waals surface area contributed by atoms with E-state index < -0.39 is 5.92 Å². The normalized spacial score (nSPS) is 16.7. The van der Waals surface area contributed by atoms with E-state index in [4.69, 9.17) is 14.9 Å². The van der Waals surface area contributed by atoms with E-state index in [-0.39, 0.29) is 17.0 Å². The first-order chi connectivity index (χ1) is 11.1. The second kappa shape index (κ2) is 5.69. The summed E-state index contributed by atoms with van der Waals surface area (Å²) in [5.74, 6) is 0.258. The number of nitriles is 1. The highest BCUT2D eigenvalue weighted by Gasteiger charge is 2.35. The molecule has 6 nitrogen and oxygen atoms in total. The number of nitrogens with zero attached hydrogens (tertiary/aromatic N) is 2. The molecule has 0 saturated carbocycles. The molecule has 1 atom stereocenters. The molecule has 118 valence electrons. The van der Waals surface area contributed by atoms with Crippen molar-refractivity contribution in [2.24, 2.45) is 12.8 Å². The van der Waals surface area contributed by atoms with Crippen LogP contribution in [-0.2, 0) is 13.5 Å². The summed E-state index contributed by atoms with van der Waals surface area (Å²) >= 11 is 0. The van der Waals surface area contributed by atoms with Crippen LogP contribution in [0.15, 0.2) is 45.1 Å². The van der Waals surface area contributed by atoms with Crippen LogP contribution in [0.3, 0.4) is 0 Å². The zero-order valence-electron chi connectivity index (χ0n) is 13.0. The van der Waals surface area contributed by atoms with Crippen molar-refractivity contribution in [1.82, 2.24) is 4.57 Å². The number of pyridine rings is 1. The molecule has 6 heteroatoms. The minimum Gasteiger partial charge on any atom is -0.468 e. The molecular weight excluding hydrogens is 294 g/mol. The minimum atomic E-state index is -0.645. The molecule has 2 aromatic rings. The third kappa shape index (κ3) is 2.30. The van der Waals surface area contributed by atoms with Crippen LogP contribution in [0.1, 0.15) is 36.3 Å². The van der Waals surface area contributed by atoms with Gasteiger partial charge in [-0.1, -0.05) is 13.3 Å². The first-order valence-corrected chi connectivity index (χ1v) is 7.42. The van der Waals surface area contributed by atoms with Crippen LogP contribution in [0.4, 0.5) is 0 Å². The fourth-order valence-electron chi connectivity index (χ4n) is 2.91. The Hall–Kier alpha value is -2.94. The Morgan fingerprint density at radius 3 is 2.87 bits per heavy atom. The highest BCUT2D eigenvalue weighted by molar-refractivity contribution is 5.53. The number of aryl methyl sites for hydroxylation is 1. The maximum atomic E-state index is 12.9. The van der Waals surface area contributed by atoms with Crippen LogP contribution in [-0.4, -0.2) is 4.57 Å². The third-order valence-corrected chi connectivity index (χ3v) is 4.05. The van der Waals surface area contributed by atoms with Crippen molar-refractivity contribution in [2.75, 3.05) is 0 Å². The number of ether oxygens (including phenoxy) is 1. The van der Waals surface area contributed by atoms with Gasteiger partial charge in [0.15, 0.2) is 0 Å². The second-order valence-corrected chi connectivity index (χ2v) is 5.47. The predicted molar refractivity (Wildman–Crippen MR) is 83.7 cm³/mol. The van der Waals surface area contributed by atoms with Crippen molar-refractivity contribution in [2.45, 2.75) is 25.7 Å². The molecule has 0 fully saturated rings. The summed E-state index contributed by atoms with van der Waals surface area (Å²) in [6, 6.07) is 7.30. The highest BCUT2D eigenvalue weighted by atomic mass is 16.5. The highest BCUT2D eigenvalue weighted by Crippen LogP contribution is 2.40. The van der Waals surface area contributed by atoms with E-state index in [1.807, 2.05) is 19.1 Å². The van der Waals surface area contributed by atoms with Crippen molar-refractivity contribution in [3.63, 3.8) is 0 Å². The van der Waals surface area contributed by atoms with E-state index >= 15 is 0 Å². The van der Waals surface area contributed by atoms with E-state index in [1.165, 1.54) is 6.26 Å². The molecule has 1 unspecified atom stereocenters. The molecule has 0 saturated heterocycles. The fraction of sp³-hybridized carbons (Fsp3) is 0.294. The van der Waals surface area contributed by atoms with Gasteiger partial charge in [0, 0.05) is 18.8 Å². The third-order valence-electron chi connectivity index (χ3n) is 4.05. The lowest BCUT2D eigenvalue weighted by Crippen LogP contribution is -2.32. The Bertz CT molecular complexity index is 870. The predicted octanol–water partition coefficient (Wildman–Crippen LogP) is 2.15. The minimum absolute atomic E-state index is 0.0112. The first kappa shape index (κ1) is 15.0. The molecule has 0 aromatic carbocycles. The molecule has 3 rings (SSSR count). The number of furan rings is 1. The lowest BCUT2D eigenvalue weighted by Gasteiger charge is -2.25. The Kier molecular flexibility index (Phi) is 3.70. The Morgan fingerprint density at radius 1 is 1.48 bits per heavy atom. The van der Waals surface area contributed by atoms with E-state index in [2.05, 4.69) is 0 Å². The Labute approximate surface area is 133 Å². The summed E-state index contributed by atoms with van der Waals surface area (Å²) < 4.78 is 12.6. The van der Waals surface area contributed by atoms with Gasteiger partial charge in [0.05, 0.1) is 17.7 Å². The zero-order valence-corrected chi connectivity index (χ0v) is 13.0. The van der Waals surface area contributed by atoms with E-state index in [1.54, 1.807) is 23.7 Å². The van der Waals surface area contributed by atoms with E-state index in [0.717, 1.165) is 18.5 Å². The number of nitrogens with two attached hydrogens (primary N) is 1. The molecule has 1 aliphatic heterocycles. The molecule has 2 aromatic heterocycles. The van der Waals surface area contributed by atoms with Gasteiger partial charge >= 0.3 is 0 Å². The number of hydrogen-bond acceptors (Lipinski definition) is 5. The molecule has 0 amide bonds. The monoisotopic (exact) mass is 311 g/mol. The van der Waals surface area contributed by atoms with Gasteiger partial charge in [-0.15, -0.1) is 0 Å². The standard InChI is InChI=1S/C17H17N3O3/c1-3-5-10-8-13-15(17(21)20(10)2)14(12-6-4-7-22-12)11(9-18)16(19)23-13/h4,6-8,14H,3,5,19H2,1-2H3. The van der Waals surface area contributed by atoms with Crippen LogP contribution in [0.5, 0.6) is 5.75 Å². The van der Waals surface area contributed by atoms with Gasteiger partial charge in [-0.2, -0.15) is 5.26 Å². The SMILES string of the molecule is CCCc1cc2c(c(=O)n1C)C(c1ccco1)C(C#N)=C(N)O2.